The smallest absolute Gasteiger partial charge is 0.462 e. The number of hydrogen-bond acceptors (Lipinski definition) is 15. The first kappa shape index (κ1) is 98.9. The standard InChI is InChI=1S/C85H142O17P2/c1-5-9-13-17-21-25-29-33-37-39-43-45-49-53-57-61-65-69-82(87)95-75-80(101-84(89)71-67-63-59-55-51-47-41-35-31-27-23-19-15-11-7-3)77-99-103(91,92)97-73-79(86)74-98-104(93,94)100-78-81(102-85(90)72-68-64-60-56-52-48-42-36-32-28-24-20-16-12-8-4)76-96-83(88)70-66-62-58-54-50-46-44-40-38-34-30-26-22-18-14-10-6-2/h9-11,13-15,21-23,25-27,33-35,37-38,41,43,45,51,53,55,57,79-81,86H,5-8,12,16-20,24,28-32,36,39-40,42,44,46-50,52,54,56,58-78H2,1-4H3,(H,91,92)(H,93,94)/b13-9-,14-10-,15-11-,25-21-,26-22-,27-23-,37-33-,38-34-,41-35-,45-43-,55-51-,57-53-. The second-order valence-electron chi connectivity index (χ2n) is 26.2. The van der Waals surface area contributed by atoms with E-state index < -0.39 is 97.5 Å². The molecule has 0 heterocycles. The van der Waals surface area contributed by atoms with Gasteiger partial charge in [-0.25, -0.2) is 9.13 Å². The number of hydrogen-bond donors (Lipinski definition) is 3. The van der Waals surface area contributed by atoms with E-state index in [1.54, 1.807) is 0 Å². The van der Waals surface area contributed by atoms with Crippen molar-refractivity contribution in [3.05, 3.63) is 146 Å². The van der Waals surface area contributed by atoms with Crippen LogP contribution in [-0.2, 0) is 65.4 Å². The van der Waals surface area contributed by atoms with Gasteiger partial charge in [0.15, 0.2) is 12.2 Å². The number of carbonyl (C=O) groups is 4. The van der Waals surface area contributed by atoms with Gasteiger partial charge in [0.2, 0.25) is 0 Å². The molecule has 0 spiro atoms. The maximum absolute atomic E-state index is 13.1. The number of ether oxygens (including phenoxy) is 4. The number of aliphatic hydroxyl groups excluding tert-OH is 1. The van der Waals surface area contributed by atoms with E-state index >= 15 is 0 Å². The molecule has 0 saturated heterocycles. The van der Waals surface area contributed by atoms with Crippen LogP contribution in [0.3, 0.4) is 0 Å². The van der Waals surface area contributed by atoms with Crippen molar-refractivity contribution in [2.45, 2.75) is 329 Å². The Kier molecular flexibility index (Phi) is 72.4. The van der Waals surface area contributed by atoms with Crippen molar-refractivity contribution in [1.82, 2.24) is 0 Å². The van der Waals surface area contributed by atoms with Gasteiger partial charge in [0.1, 0.15) is 19.3 Å². The Labute approximate surface area is 630 Å². The van der Waals surface area contributed by atoms with Gasteiger partial charge in [0.05, 0.1) is 26.4 Å². The van der Waals surface area contributed by atoms with Crippen LogP contribution in [0, 0.1) is 0 Å². The second-order valence-corrected chi connectivity index (χ2v) is 29.1. The van der Waals surface area contributed by atoms with Crippen molar-refractivity contribution < 1.29 is 80.2 Å². The average Bonchev–Trinajstić information content (AvgIpc) is 0.937. The number of carbonyl (C=O) groups excluding carboxylic acids is 4. The Morgan fingerprint density at radius 1 is 0.279 bits per heavy atom. The molecule has 5 atom stereocenters. The SMILES string of the molecule is CC/C=C\C/C=C\C/C=C\C/C=C\C/C=C\CCCC(=O)OCC(COP(=O)(O)OCC(O)COP(=O)(O)OCC(COC(=O)CCCCCCCCC/C=C\C/C=C\C/C=C\CC)OC(=O)CCCCCCCCCCCCCCCCC)OC(=O)CCCC/C=C\C/C=C\C/C=C\C/C=C\CC. The summed E-state index contributed by atoms with van der Waals surface area (Å²) in [6.07, 6.45) is 86.9. The molecule has 0 aliphatic heterocycles. The van der Waals surface area contributed by atoms with Gasteiger partial charge in [-0.1, -0.05) is 296 Å². The molecule has 0 aromatic heterocycles. The van der Waals surface area contributed by atoms with Crippen molar-refractivity contribution in [1.29, 1.82) is 0 Å². The van der Waals surface area contributed by atoms with Gasteiger partial charge in [0.25, 0.3) is 0 Å². The van der Waals surface area contributed by atoms with E-state index in [-0.39, 0.29) is 25.7 Å². The van der Waals surface area contributed by atoms with Gasteiger partial charge in [-0.3, -0.25) is 37.3 Å². The third-order valence-electron chi connectivity index (χ3n) is 16.3. The zero-order valence-corrected chi connectivity index (χ0v) is 66.7. The van der Waals surface area contributed by atoms with Gasteiger partial charge in [0, 0.05) is 25.7 Å². The highest BCUT2D eigenvalue weighted by molar-refractivity contribution is 7.47. The zero-order valence-electron chi connectivity index (χ0n) is 64.9. The van der Waals surface area contributed by atoms with Gasteiger partial charge in [-0.2, -0.15) is 0 Å². The van der Waals surface area contributed by atoms with E-state index in [2.05, 4.69) is 161 Å². The van der Waals surface area contributed by atoms with E-state index in [1.807, 2.05) is 12.2 Å². The summed E-state index contributed by atoms with van der Waals surface area (Å²) >= 11 is 0. The lowest BCUT2D eigenvalue weighted by Gasteiger charge is -2.21. The molecular weight excluding hydrogens is 1350 g/mol. The first-order valence-corrected chi connectivity index (χ1v) is 43.1. The maximum Gasteiger partial charge on any atom is 0.472 e. The van der Waals surface area contributed by atoms with E-state index in [1.165, 1.54) is 64.2 Å². The van der Waals surface area contributed by atoms with Crippen LogP contribution in [0.2, 0.25) is 0 Å². The van der Waals surface area contributed by atoms with Crippen molar-refractivity contribution >= 4 is 39.5 Å². The normalized spacial score (nSPS) is 14.6. The number of esters is 4. The first-order chi connectivity index (χ1) is 50.7. The summed E-state index contributed by atoms with van der Waals surface area (Å²) in [5.41, 5.74) is 0. The minimum absolute atomic E-state index is 0.0265. The van der Waals surface area contributed by atoms with Gasteiger partial charge in [-0.15, -0.1) is 0 Å². The first-order valence-electron chi connectivity index (χ1n) is 40.1. The van der Waals surface area contributed by atoms with Crippen LogP contribution in [0.4, 0.5) is 0 Å². The summed E-state index contributed by atoms with van der Waals surface area (Å²) in [7, 11) is -9.99. The van der Waals surface area contributed by atoms with E-state index in [0.29, 0.717) is 38.5 Å². The molecule has 19 heteroatoms. The molecule has 0 aliphatic carbocycles. The zero-order chi connectivity index (χ0) is 76.0. The molecule has 5 unspecified atom stereocenters. The number of rotatable bonds is 74. The fourth-order valence-corrected chi connectivity index (χ4v) is 11.9. The Morgan fingerprint density at radius 2 is 0.510 bits per heavy atom. The van der Waals surface area contributed by atoms with E-state index in [9.17, 15) is 43.2 Å². The fourth-order valence-electron chi connectivity index (χ4n) is 10.3. The quantitative estimate of drug-likeness (QED) is 0.0169. The molecule has 594 valence electrons. The third-order valence-corrected chi connectivity index (χ3v) is 18.2. The van der Waals surface area contributed by atoms with Crippen molar-refractivity contribution in [2.75, 3.05) is 39.6 Å². The van der Waals surface area contributed by atoms with Crippen LogP contribution in [0.1, 0.15) is 310 Å². The molecule has 0 radical (unpaired) electrons. The predicted octanol–water partition coefficient (Wildman–Crippen LogP) is 23.4. The summed E-state index contributed by atoms with van der Waals surface area (Å²) in [5, 5.41) is 10.6. The minimum Gasteiger partial charge on any atom is -0.462 e. The highest BCUT2D eigenvalue weighted by Gasteiger charge is 2.30. The number of unbranched alkanes of at least 4 members (excludes halogenated alkanes) is 24. The molecule has 17 nitrogen and oxygen atoms in total. The third kappa shape index (κ3) is 75.2. The van der Waals surface area contributed by atoms with Crippen LogP contribution in [0.5, 0.6) is 0 Å². The van der Waals surface area contributed by atoms with E-state index in [0.717, 1.165) is 154 Å². The number of allylic oxidation sites excluding steroid dienone is 24. The van der Waals surface area contributed by atoms with Crippen LogP contribution in [0.25, 0.3) is 0 Å². The minimum atomic E-state index is -5.01. The van der Waals surface area contributed by atoms with Crippen LogP contribution < -0.4 is 0 Å². The molecule has 0 aromatic carbocycles. The van der Waals surface area contributed by atoms with Crippen LogP contribution in [-0.4, -0.2) is 96.7 Å². The Morgan fingerprint density at radius 3 is 0.827 bits per heavy atom. The highest BCUT2D eigenvalue weighted by Crippen LogP contribution is 2.45. The molecule has 0 bridgehead atoms. The number of phosphoric acid groups is 2. The largest absolute Gasteiger partial charge is 0.472 e. The molecule has 0 amide bonds. The molecular formula is C85H142O17P2. The van der Waals surface area contributed by atoms with Crippen molar-refractivity contribution in [3.8, 4) is 0 Å². The summed E-state index contributed by atoms with van der Waals surface area (Å²) in [5.74, 6) is -2.30. The number of phosphoric ester groups is 2. The number of aliphatic hydroxyl groups is 1. The van der Waals surface area contributed by atoms with Crippen LogP contribution >= 0.6 is 15.6 Å². The second kappa shape index (κ2) is 76.1. The Bertz CT molecular complexity index is 2540. The van der Waals surface area contributed by atoms with Crippen LogP contribution in [0.15, 0.2) is 146 Å². The summed E-state index contributed by atoms with van der Waals surface area (Å²) in [6, 6.07) is 0. The van der Waals surface area contributed by atoms with Gasteiger partial charge in [-0.05, 0) is 135 Å². The summed E-state index contributed by atoms with van der Waals surface area (Å²) < 4.78 is 68.5. The molecule has 0 aromatic rings. The molecule has 3 N–H and O–H groups in total. The van der Waals surface area contributed by atoms with Gasteiger partial charge >= 0.3 is 39.5 Å². The molecule has 0 rings (SSSR count). The van der Waals surface area contributed by atoms with Crippen molar-refractivity contribution in [2.24, 2.45) is 0 Å². The lowest BCUT2D eigenvalue weighted by atomic mass is 10.0. The topological polar surface area (TPSA) is 237 Å². The summed E-state index contributed by atoms with van der Waals surface area (Å²) in [4.78, 5) is 73.0. The van der Waals surface area contributed by atoms with Crippen molar-refractivity contribution in [3.63, 3.8) is 0 Å². The lowest BCUT2D eigenvalue weighted by molar-refractivity contribution is -0.161. The molecule has 0 aliphatic rings. The monoisotopic (exact) mass is 1500 g/mol. The maximum atomic E-state index is 13.1. The fraction of sp³-hybridized carbons (Fsp3) is 0.671. The Balaban J connectivity index is 5.45. The molecule has 0 fully saturated rings. The average molecular weight is 1500 g/mol. The molecule has 0 saturated carbocycles. The van der Waals surface area contributed by atoms with Gasteiger partial charge < -0.3 is 33.8 Å². The predicted molar refractivity (Wildman–Crippen MR) is 427 cm³/mol. The lowest BCUT2D eigenvalue weighted by Crippen LogP contribution is -2.30. The highest BCUT2D eigenvalue weighted by atomic mass is 31.2. The Hall–Kier alpha value is -5.06. The summed E-state index contributed by atoms with van der Waals surface area (Å²) in [6.45, 7) is 4.43. The van der Waals surface area contributed by atoms with E-state index in [4.69, 9.17) is 37.0 Å². The molecule has 104 heavy (non-hydrogen) atoms.